The van der Waals surface area contributed by atoms with Crippen molar-refractivity contribution in [2.24, 2.45) is 0 Å². The maximum atomic E-state index is 6.14. The van der Waals surface area contributed by atoms with Crippen LogP contribution in [0.1, 0.15) is 71.6 Å². The summed E-state index contributed by atoms with van der Waals surface area (Å²) in [6.07, 6.45) is 12.3. The first-order chi connectivity index (χ1) is 9.68. The third-order valence-electron chi connectivity index (χ3n) is 5.46. The van der Waals surface area contributed by atoms with Crippen molar-refractivity contribution in [1.29, 1.82) is 0 Å². The topological polar surface area (TPSA) is 30.5 Å². The minimum absolute atomic E-state index is 0.200. The van der Waals surface area contributed by atoms with E-state index in [1.54, 1.807) is 0 Å². The van der Waals surface area contributed by atoms with E-state index < -0.39 is 0 Å². The molecule has 3 fully saturated rings. The summed E-state index contributed by atoms with van der Waals surface area (Å²) < 4.78 is 12.1. The van der Waals surface area contributed by atoms with Crippen molar-refractivity contribution in [2.45, 2.75) is 102 Å². The molecular weight excluding hydrogens is 250 g/mol. The molecule has 2 aliphatic carbocycles. The SMILES string of the molecule is CC(C)OC1CCC(NC2CCOC23CCCC3)CC1. The van der Waals surface area contributed by atoms with Crippen LogP contribution < -0.4 is 5.32 Å². The molecule has 1 unspecified atom stereocenters. The first-order valence-electron chi connectivity index (χ1n) is 8.73. The molecule has 1 aliphatic heterocycles. The Morgan fingerprint density at radius 2 is 1.75 bits per heavy atom. The molecule has 1 spiro atoms. The van der Waals surface area contributed by atoms with E-state index in [1.165, 1.54) is 57.8 Å². The predicted molar refractivity (Wildman–Crippen MR) is 81.0 cm³/mol. The zero-order valence-corrected chi connectivity index (χ0v) is 13.2. The molecule has 3 nitrogen and oxygen atoms in total. The van der Waals surface area contributed by atoms with Gasteiger partial charge in [0.1, 0.15) is 0 Å². The summed E-state index contributed by atoms with van der Waals surface area (Å²) >= 11 is 0. The molecule has 0 aromatic rings. The second kappa shape index (κ2) is 6.33. The van der Waals surface area contributed by atoms with Gasteiger partial charge in [0.15, 0.2) is 0 Å². The van der Waals surface area contributed by atoms with Crippen molar-refractivity contribution in [3.63, 3.8) is 0 Å². The van der Waals surface area contributed by atoms with Crippen LogP contribution in [-0.4, -0.2) is 36.5 Å². The second-order valence-electron chi connectivity index (χ2n) is 7.29. The molecule has 3 heteroatoms. The van der Waals surface area contributed by atoms with Crippen molar-refractivity contribution >= 4 is 0 Å². The lowest BCUT2D eigenvalue weighted by molar-refractivity contribution is -0.0243. The molecule has 0 amide bonds. The molecular formula is C17H31NO2. The Bertz CT molecular complexity index is 299. The number of hydrogen-bond acceptors (Lipinski definition) is 3. The van der Waals surface area contributed by atoms with Gasteiger partial charge in [-0.25, -0.2) is 0 Å². The third kappa shape index (κ3) is 3.20. The third-order valence-corrected chi connectivity index (χ3v) is 5.46. The standard InChI is InChI=1S/C17H31NO2/c1-13(2)20-15-7-5-14(6-8-15)18-16-9-12-19-17(16)10-3-4-11-17/h13-16,18H,3-12H2,1-2H3. The first kappa shape index (κ1) is 14.8. The number of nitrogens with one attached hydrogen (secondary N) is 1. The average molecular weight is 281 g/mol. The van der Waals surface area contributed by atoms with Crippen LogP contribution in [0.25, 0.3) is 0 Å². The zero-order valence-electron chi connectivity index (χ0n) is 13.2. The van der Waals surface area contributed by atoms with Gasteiger partial charge in [0.25, 0.3) is 0 Å². The largest absolute Gasteiger partial charge is 0.376 e. The molecule has 0 aromatic heterocycles. The molecule has 0 aromatic carbocycles. The van der Waals surface area contributed by atoms with Crippen LogP contribution >= 0.6 is 0 Å². The Kier molecular flexibility index (Phi) is 4.68. The van der Waals surface area contributed by atoms with Crippen LogP contribution in [-0.2, 0) is 9.47 Å². The van der Waals surface area contributed by atoms with Gasteiger partial charge in [-0.1, -0.05) is 12.8 Å². The summed E-state index contributed by atoms with van der Waals surface area (Å²) in [4.78, 5) is 0. The van der Waals surface area contributed by atoms with E-state index in [9.17, 15) is 0 Å². The lowest BCUT2D eigenvalue weighted by Crippen LogP contribution is -2.51. The monoisotopic (exact) mass is 281 g/mol. The van der Waals surface area contributed by atoms with Crippen LogP contribution in [0.5, 0.6) is 0 Å². The van der Waals surface area contributed by atoms with E-state index in [2.05, 4.69) is 19.2 Å². The second-order valence-corrected chi connectivity index (χ2v) is 7.29. The minimum Gasteiger partial charge on any atom is -0.376 e. The van der Waals surface area contributed by atoms with Crippen molar-refractivity contribution in [3.05, 3.63) is 0 Å². The van der Waals surface area contributed by atoms with E-state index in [0.717, 1.165) is 6.61 Å². The van der Waals surface area contributed by atoms with Crippen LogP contribution in [0.2, 0.25) is 0 Å². The fraction of sp³-hybridized carbons (Fsp3) is 1.00. The van der Waals surface area contributed by atoms with Crippen LogP contribution in [0, 0.1) is 0 Å². The van der Waals surface area contributed by atoms with E-state index in [0.29, 0.717) is 24.3 Å². The van der Waals surface area contributed by atoms with Crippen molar-refractivity contribution < 1.29 is 9.47 Å². The molecule has 0 radical (unpaired) electrons. The summed E-state index contributed by atoms with van der Waals surface area (Å²) in [6.45, 7) is 5.25. The molecule has 2 saturated carbocycles. The van der Waals surface area contributed by atoms with Gasteiger partial charge >= 0.3 is 0 Å². The molecule has 1 atom stereocenters. The van der Waals surface area contributed by atoms with E-state index in [-0.39, 0.29) is 5.60 Å². The highest BCUT2D eigenvalue weighted by Gasteiger charge is 2.46. The fourth-order valence-electron chi connectivity index (χ4n) is 4.48. The summed E-state index contributed by atoms with van der Waals surface area (Å²) in [5.74, 6) is 0. The molecule has 1 saturated heterocycles. The van der Waals surface area contributed by atoms with Gasteiger partial charge in [-0.05, 0) is 58.8 Å². The number of hydrogen-bond donors (Lipinski definition) is 1. The summed E-state index contributed by atoms with van der Waals surface area (Å²) in [5, 5.41) is 3.94. The van der Waals surface area contributed by atoms with Gasteiger partial charge in [0, 0.05) is 18.7 Å². The summed E-state index contributed by atoms with van der Waals surface area (Å²) in [7, 11) is 0. The molecule has 1 heterocycles. The number of rotatable bonds is 4. The molecule has 1 N–H and O–H groups in total. The lowest BCUT2D eigenvalue weighted by atomic mass is 9.88. The fourth-order valence-corrected chi connectivity index (χ4v) is 4.48. The Hall–Kier alpha value is -0.120. The van der Waals surface area contributed by atoms with E-state index in [4.69, 9.17) is 9.47 Å². The Labute approximate surface area is 123 Å². The highest BCUT2D eigenvalue weighted by atomic mass is 16.5. The van der Waals surface area contributed by atoms with E-state index >= 15 is 0 Å². The smallest absolute Gasteiger partial charge is 0.0835 e. The molecule has 20 heavy (non-hydrogen) atoms. The molecule has 116 valence electrons. The van der Waals surface area contributed by atoms with Crippen LogP contribution in [0.3, 0.4) is 0 Å². The van der Waals surface area contributed by atoms with E-state index in [1.807, 2.05) is 0 Å². The van der Waals surface area contributed by atoms with Gasteiger partial charge in [0.05, 0.1) is 17.8 Å². The average Bonchev–Trinajstić information content (AvgIpc) is 3.03. The van der Waals surface area contributed by atoms with Gasteiger partial charge in [-0.15, -0.1) is 0 Å². The quantitative estimate of drug-likeness (QED) is 0.856. The lowest BCUT2D eigenvalue weighted by Gasteiger charge is -2.36. The number of ether oxygens (including phenoxy) is 2. The summed E-state index contributed by atoms with van der Waals surface area (Å²) in [6, 6.07) is 1.30. The van der Waals surface area contributed by atoms with Gasteiger partial charge < -0.3 is 14.8 Å². The zero-order chi connectivity index (χ0) is 14.0. The highest BCUT2D eigenvalue weighted by Crippen LogP contribution is 2.41. The highest BCUT2D eigenvalue weighted by molar-refractivity contribution is 5.01. The predicted octanol–water partition coefficient (Wildman–Crippen LogP) is 3.41. The van der Waals surface area contributed by atoms with Crippen LogP contribution in [0.4, 0.5) is 0 Å². The Morgan fingerprint density at radius 3 is 2.40 bits per heavy atom. The Balaban J connectivity index is 1.47. The maximum Gasteiger partial charge on any atom is 0.0835 e. The summed E-state index contributed by atoms with van der Waals surface area (Å²) in [5.41, 5.74) is 0.200. The van der Waals surface area contributed by atoms with Gasteiger partial charge in [0.2, 0.25) is 0 Å². The first-order valence-corrected chi connectivity index (χ1v) is 8.73. The van der Waals surface area contributed by atoms with Gasteiger partial charge in [-0.3, -0.25) is 0 Å². The molecule has 0 bridgehead atoms. The Morgan fingerprint density at radius 1 is 1.05 bits per heavy atom. The normalized spacial score (nSPS) is 37.0. The maximum absolute atomic E-state index is 6.14. The molecule has 3 rings (SSSR count). The van der Waals surface area contributed by atoms with Crippen LogP contribution in [0.15, 0.2) is 0 Å². The van der Waals surface area contributed by atoms with Crippen molar-refractivity contribution in [1.82, 2.24) is 5.32 Å². The van der Waals surface area contributed by atoms with Gasteiger partial charge in [-0.2, -0.15) is 0 Å². The minimum atomic E-state index is 0.200. The van der Waals surface area contributed by atoms with Crippen molar-refractivity contribution in [3.8, 4) is 0 Å². The molecule has 3 aliphatic rings. The van der Waals surface area contributed by atoms with Crippen molar-refractivity contribution in [2.75, 3.05) is 6.61 Å².